The molecule has 0 spiro atoms. The number of amides is 1. The highest BCUT2D eigenvalue weighted by molar-refractivity contribution is 7.90. The molecule has 0 saturated carbocycles. The Morgan fingerprint density at radius 1 is 1.42 bits per heavy atom. The van der Waals surface area contributed by atoms with Crippen LogP contribution in [0.15, 0.2) is 29.2 Å². The van der Waals surface area contributed by atoms with Gasteiger partial charge in [-0.05, 0) is 31.5 Å². The Balaban J connectivity index is 3.02. The molecule has 1 unspecified atom stereocenters. The first-order chi connectivity index (χ1) is 8.72. The van der Waals surface area contributed by atoms with Gasteiger partial charge in [0.1, 0.15) is 0 Å². The number of aliphatic hydroxyl groups is 1. The van der Waals surface area contributed by atoms with Gasteiger partial charge in [-0.1, -0.05) is 13.0 Å². The Hall–Kier alpha value is -1.40. The zero-order chi connectivity index (χ0) is 14.7. The van der Waals surface area contributed by atoms with Crippen LogP contribution in [-0.2, 0) is 9.84 Å². The number of hydrogen-bond acceptors (Lipinski definition) is 4. The smallest absolute Gasteiger partial charge is 0.251 e. The lowest BCUT2D eigenvalue weighted by Crippen LogP contribution is -2.48. The third kappa shape index (κ3) is 4.04. The van der Waals surface area contributed by atoms with Crippen LogP contribution in [0.5, 0.6) is 0 Å². The molecule has 1 amide bonds. The highest BCUT2D eigenvalue weighted by Crippen LogP contribution is 2.14. The molecular weight excluding hydrogens is 266 g/mol. The van der Waals surface area contributed by atoms with E-state index in [1.807, 2.05) is 6.92 Å². The lowest BCUT2D eigenvalue weighted by atomic mass is 9.99. The van der Waals surface area contributed by atoms with E-state index in [9.17, 15) is 18.3 Å². The minimum atomic E-state index is -3.34. The molecule has 0 aliphatic carbocycles. The van der Waals surface area contributed by atoms with Crippen LogP contribution in [0, 0.1) is 0 Å². The van der Waals surface area contributed by atoms with Crippen molar-refractivity contribution in [3.8, 4) is 0 Å². The van der Waals surface area contributed by atoms with Gasteiger partial charge in [-0.3, -0.25) is 4.79 Å². The zero-order valence-electron chi connectivity index (χ0n) is 11.3. The summed E-state index contributed by atoms with van der Waals surface area (Å²) in [6.45, 7) is 3.40. The third-order valence-corrected chi connectivity index (χ3v) is 4.18. The maximum Gasteiger partial charge on any atom is 0.251 e. The summed E-state index contributed by atoms with van der Waals surface area (Å²) in [5.41, 5.74) is -0.450. The van der Waals surface area contributed by atoms with Crippen molar-refractivity contribution in [2.45, 2.75) is 30.7 Å². The van der Waals surface area contributed by atoms with Crippen LogP contribution in [0.2, 0.25) is 0 Å². The molecule has 2 N–H and O–H groups in total. The van der Waals surface area contributed by atoms with Crippen LogP contribution in [0.1, 0.15) is 30.6 Å². The molecule has 1 rings (SSSR count). The van der Waals surface area contributed by atoms with Crippen molar-refractivity contribution in [2.24, 2.45) is 0 Å². The second-order valence-electron chi connectivity index (χ2n) is 4.83. The van der Waals surface area contributed by atoms with E-state index in [0.29, 0.717) is 6.42 Å². The first kappa shape index (κ1) is 15.7. The molecule has 1 atom stereocenters. The van der Waals surface area contributed by atoms with Gasteiger partial charge < -0.3 is 10.4 Å². The van der Waals surface area contributed by atoms with E-state index in [-0.39, 0.29) is 17.1 Å². The highest BCUT2D eigenvalue weighted by Gasteiger charge is 2.24. The fourth-order valence-corrected chi connectivity index (χ4v) is 2.12. The predicted octanol–water partition coefficient (Wildman–Crippen LogP) is 0.981. The van der Waals surface area contributed by atoms with Crippen molar-refractivity contribution < 1.29 is 18.3 Å². The summed E-state index contributed by atoms with van der Waals surface area (Å²) in [5, 5.41) is 12.0. The van der Waals surface area contributed by atoms with Gasteiger partial charge in [-0.2, -0.15) is 0 Å². The Morgan fingerprint density at radius 2 is 2.05 bits per heavy atom. The van der Waals surface area contributed by atoms with Crippen molar-refractivity contribution in [1.82, 2.24) is 5.32 Å². The van der Waals surface area contributed by atoms with Crippen molar-refractivity contribution in [1.29, 1.82) is 0 Å². The van der Waals surface area contributed by atoms with E-state index in [2.05, 4.69) is 5.32 Å². The Kier molecular flexibility index (Phi) is 4.70. The van der Waals surface area contributed by atoms with Gasteiger partial charge in [0.25, 0.3) is 5.91 Å². The topological polar surface area (TPSA) is 83.5 Å². The average molecular weight is 285 g/mol. The van der Waals surface area contributed by atoms with E-state index in [0.717, 1.165) is 6.26 Å². The maximum atomic E-state index is 12.0. The molecule has 1 aromatic carbocycles. The number of nitrogens with one attached hydrogen (secondary N) is 1. The SMILES string of the molecule is CCC(C)(CO)NC(=O)c1cccc(S(C)(=O)=O)c1. The van der Waals surface area contributed by atoms with Gasteiger partial charge in [0.05, 0.1) is 17.0 Å². The molecule has 0 aromatic heterocycles. The normalized spacial score (nSPS) is 14.7. The van der Waals surface area contributed by atoms with Crippen molar-refractivity contribution >= 4 is 15.7 Å². The van der Waals surface area contributed by atoms with E-state index >= 15 is 0 Å². The summed E-state index contributed by atoms with van der Waals surface area (Å²) in [6, 6.07) is 5.83. The zero-order valence-corrected chi connectivity index (χ0v) is 12.1. The first-order valence-electron chi connectivity index (χ1n) is 5.95. The van der Waals surface area contributed by atoms with Crippen molar-refractivity contribution in [3.05, 3.63) is 29.8 Å². The molecule has 0 fully saturated rings. The number of sulfone groups is 1. The van der Waals surface area contributed by atoms with E-state index in [1.54, 1.807) is 6.92 Å². The number of carbonyl (C=O) groups excluding carboxylic acids is 1. The standard InChI is InChI=1S/C13H19NO4S/c1-4-13(2,9-15)14-12(16)10-6-5-7-11(8-10)19(3,17)18/h5-8,15H,4,9H2,1-3H3,(H,14,16). The van der Waals surface area contributed by atoms with Crippen molar-refractivity contribution in [2.75, 3.05) is 12.9 Å². The van der Waals surface area contributed by atoms with Gasteiger partial charge in [0, 0.05) is 11.8 Å². The fourth-order valence-electron chi connectivity index (χ4n) is 1.45. The minimum Gasteiger partial charge on any atom is -0.394 e. The fraction of sp³-hybridized carbons (Fsp3) is 0.462. The number of hydrogen-bond donors (Lipinski definition) is 2. The summed E-state index contributed by atoms with van der Waals surface area (Å²) in [4.78, 5) is 12.1. The van der Waals surface area contributed by atoms with Crippen LogP contribution < -0.4 is 5.32 Å². The summed E-state index contributed by atoms with van der Waals surface area (Å²) < 4.78 is 22.9. The van der Waals surface area contributed by atoms with Gasteiger partial charge in [0.2, 0.25) is 0 Å². The largest absolute Gasteiger partial charge is 0.394 e. The highest BCUT2D eigenvalue weighted by atomic mass is 32.2. The number of aliphatic hydroxyl groups excluding tert-OH is 1. The summed E-state index contributed by atoms with van der Waals surface area (Å²) in [6.07, 6.45) is 1.66. The molecule has 0 radical (unpaired) electrons. The van der Waals surface area contributed by atoms with Crippen LogP contribution in [0.3, 0.4) is 0 Å². The number of benzene rings is 1. The second-order valence-corrected chi connectivity index (χ2v) is 6.84. The average Bonchev–Trinajstić information content (AvgIpc) is 2.37. The third-order valence-electron chi connectivity index (χ3n) is 3.07. The molecule has 0 saturated heterocycles. The molecule has 0 aliphatic heterocycles. The van der Waals surface area contributed by atoms with Gasteiger partial charge in [0.15, 0.2) is 9.84 Å². The lowest BCUT2D eigenvalue weighted by Gasteiger charge is -2.27. The maximum absolute atomic E-state index is 12.0. The molecule has 0 bridgehead atoms. The van der Waals surface area contributed by atoms with E-state index in [1.165, 1.54) is 24.3 Å². The molecule has 6 heteroatoms. The van der Waals surface area contributed by atoms with Gasteiger partial charge in [-0.15, -0.1) is 0 Å². The second kappa shape index (κ2) is 5.71. The monoisotopic (exact) mass is 285 g/mol. The van der Waals surface area contributed by atoms with Crippen LogP contribution in [0.25, 0.3) is 0 Å². The quantitative estimate of drug-likeness (QED) is 0.844. The summed E-state index contributed by atoms with van der Waals surface area (Å²) in [5.74, 6) is -0.399. The van der Waals surface area contributed by atoms with Gasteiger partial charge >= 0.3 is 0 Å². The molecular formula is C13H19NO4S. The van der Waals surface area contributed by atoms with E-state index < -0.39 is 21.3 Å². The molecule has 19 heavy (non-hydrogen) atoms. The minimum absolute atomic E-state index is 0.0994. The molecule has 0 aliphatic rings. The number of rotatable bonds is 5. The molecule has 0 heterocycles. The first-order valence-corrected chi connectivity index (χ1v) is 7.84. The summed E-state index contributed by atoms with van der Waals surface area (Å²) in [7, 11) is -3.34. The molecule has 5 nitrogen and oxygen atoms in total. The molecule has 106 valence electrons. The van der Waals surface area contributed by atoms with Crippen LogP contribution in [-0.4, -0.2) is 37.8 Å². The lowest BCUT2D eigenvalue weighted by molar-refractivity contribution is 0.0847. The number of carbonyl (C=O) groups is 1. The van der Waals surface area contributed by atoms with Crippen molar-refractivity contribution in [3.63, 3.8) is 0 Å². The van der Waals surface area contributed by atoms with Gasteiger partial charge in [-0.25, -0.2) is 8.42 Å². The predicted molar refractivity (Wildman–Crippen MR) is 72.8 cm³/mol. The summed E-state index contributed by atoms with van der Waals surface area (Å²) >= 11 is 0. The van der Waals surface area contributed by atoms with Crippen LogP contribution >= 0.6 is 0 Å². The Bertz CT molecular complexity index is 562. The molecule has 1 aromatic rings. The van der Waals surface area contributed by atoms with Crippen LogP contribution in [0.4, 0.5) is 0 Å². The Labute approximate surface area is 113 Å². The van der Waals surface area contributed by atoms with E-state index in [4.69, 9.17) is 0 Å². The Morgan fingerprint density at radius 3 is 2.53 bits per heavy atom.